The van der Waals surface area contributed by atoms with Crippen LogP contribution in [0.4, 0.5) is 4.39 Å². The van der Waals surface area contributed by atoms with Gasteiger partial charge in [-0.05, 0) is 29.8 Å². The molecule has 0 spiro atoms. The molecule has 5 heteroatoms. The summed E-state index contributed by atoms with van der Waals surface area (Å²) in [5.74, 6) is -1.15. The van der Waals surface area contributed by atoms with E-state index in [-0.39, 0.29) is 17.1 Å². The zero-order valence-electron chi connectivity index (χ0n) is 9.79. The first-order valence-corrected chi connectivity index (χ1v) is 6.30. The third-order valence-electron chi connectivity index (χ3n) is 2.57. The van der Waals surface area contributed by atoms with Gasteiger partial charge in [-0.3, -0.25) is 4.79 Å². The summed E-state index contributed by atoms with van der Waals surface area (Å²) >= 11 is 11.6. The molecule has 0 bridgehead atoms. The van der Waals surface area contributed by atoms with Crippen LogP contribution in [0.1, 0.15) is 15.9 Å². The zero-order chi connectivity index (χ0) is 13.8. The van der Waals surface area contributed by atoms with Crippen molar-refractivity contribution in [3.8, 4) is 0 Å². The van der Waals surface area contributed by atoms with E-state index < -0.39 is 11.7 Å². The fourth-order valence-electron chi connectivity index (χ4n) is 1.59. The van der Waals surface area contributed by atoms with E-state index in [9.17, 15) is 9.18 Å². The first-order valence-electron chi connectivity index (χ1n) is 5.54. The molecular formula is C14H10Cl2FNO. The lowest BCUT2D eigenvalue weighted by Crippen LogP contribution is -2.23. The van der Waals surface area contributed by atoms with Gasteiger partial charge in [-0.15, -0.1) is 0 Å². The highest BCUT2D eigenvalue weighted by molar-refractivity contribution is 6.31. The highest BCUT2D eigenvalue weighted by Gasteiger charge is 2.12. The summed E-state index contributed by atoms with van der Waals surface area (Å²) in [5.41, 5.74) is 0.725. The van der Waals surface area contributed by atoms with Crippen LogP contribution in [0.2, 0.25) is 10.0 Å². The van der Waals surface area contributed by atoms with E-state index in [1.54, 1.807) is 18.2 Å². The van der Waals surface area contributed by atoms with Gasteiger partial charge in [0.1, 0.15) is 5.82 Å². The second-order valence-electron chi connectivity index (χ2n) is 3.90. The van der Waals surface area contributed by atoms with Crippen molar-refractivity contribution >= 4 is 29.1 Å². The molecule has 0 aliphatic rings. The van der Waals surface area contributed by atoms with E-state index in [1.807, 2.05) is 6.07 Å². The van der Waals surface area contributed by atoms with Crippen molar-refractivity contribution in [1.29, 1.82) is 0 Å². The monoisotopic (exact) mass is 297 g/mol. The summed E-state index contributed by atoms with van der Waals surface area (Å²) in [6, 6.07) is 11.1. The van der Waals surface area contributed by atoms with Crippen LogP contribution in [0.5, 0.6) is 0 Å². The summed E-state index contributed by atoms with van der Waals surface area (Å²) < 4.78 is 13.5. The fraction of sp³-hybridized carbons (Fsp3) is 0.0714. The molecule has 0 unspecified atom stereocenters. The van der Waals surface area contributed by atoms with Gasteiger partial charge in [-0.25, -0.2) is 4.39 Å². The first kappa shape index (κ1) is 13.8. The van der Waals surface area contributed by atoms with Gasteiger partial charge >= 0.3 is 0 Å². The quantitative estimate of drug-likeness (QED) is 0.909. The molecule has 1 N–H and O–H groups in total. The Bertz CT molecular complexity index is 616. The minimum atomic E-state index is -0.649. The lowest BCUT2D eigenvalue weighted by molar-refractivity contribution is 0.0947. The Morgan fingerprint density at radius 3 is 2.58 bits per heavy atom. The van der Waals surface area contributed by atoms with Gasteiger partial charge in [0, 0.05) is 16.6 Å². The topological polar surface area (TPSA) is 29.1 Å². The Hall–Kier alpha value is -1.58. The van der Waals surface area contributed by atoms with Crippen LogP contribution in [0.3, 0.4) is 0 Å². The molecule has 2 aromatic rings. The highest BCUT2D eigenvalue weighted by Crippen LogP contribution is 2.16. The molecule has 0 saturated heterocycles. The highest BCUT2D eigenvalue weighted by atomic mass is 35.5. The average molecular weight is 298 g/mol. The predicted molar refractivity (Wildman–Crippen MR) is 74.0 cm³/mol. The molecule has 2 nitrogen and oxygen atoms in total. The first-order chi connectivity index (χ1) is 9.08. The number of nitrogens with one attached hydrogen (secondary N) is 1. The molecule has 0 heterocycles. The Balaban J connectivity index is 2.08. The maximum absolute atomic E-state index is 13.5. The Labute approximate surface area is 120 Å². The van der Waals surface area contributed by atoms with Gasteiger partial charge in [0.2, 0.25) is 0 Å². The van der Waals surface area contributed by atoms with E-state index in [0.29, 0.717) is 5.02 Å². The molecule has 1 amide bonds. The largest absolute Gasteiger partial charge is 0.348 e. The SMILES string of the molecule is O=C(NCc1ccccc1Cl)c1ccc(Cl)cc1F. The average Bonchev–Trinajstić information content (AvgIpc) is 2.37. The van der Waals surface area contributed by atoms with Gasteiger partial charge < -0.3 is 5.32 Å². The van der Waals surface area contributed by atoms with Crippen LogP contribution in [0, 0.1) is 5.82 Å². The summed E-state index contributed by atoms with van der Waals surface area (Å²) in [5, 5.41) is 3.42. The molecule has 0 atom stereocenters. The number of rotatable bonds is 3. The molecule has 0 fully saturated rings. The van der Waals surface area contributed by atoms with Crippen molar-refractivity contribution in [2.75, 3.05) is 0 Å². The Morgan fingerprint density at radius 1 is 1.16 bits per heavy atom. The summed E-state index contributed by atoms with van der Waals surface area (Å²) in [6.07, 6.45) is 0. The number of carbonyl (C=O) groups excluding carboxylic acids is 1. The fourth-order valence-corrected chi connectivity index (χ4v) is 1.95. The van der Waals surface area contributed by atoms with Gasteiger partial charge in [-0.1, -0.05) is 41.4 Å². The molecule has 0 aromatic heterocycles. The van der Waals surface area contributed by atoms with Crippen LogP contribution in [0.25, 0.3) is 0 Å². The molecule has 98 valence electrons. The second kappa shape index (κ2) is 6.04. The van der Waals surface area contributed by atoms with E-state index in [1.165, 1.54) is 12.1 Å². The van der Waals surface area contributed by atoms with E-state index in [2.05, 4.69) is 5.32 Å². The number of hydrogen-bond donors (Lipinski definition) is 1. The normalized spacial score (nSPS) is 10.3. The molecule has 2 aromatic carbocycles. The summed E-state index contributed by atoms with van der Waals surface area (Å²) in [6.45, 7) is 0.237. The number of amides is 1. The third-order valence-corrected chi connectivity index (χ3v) is 3.18. The van der Waals surface area contributed by atoms with Crippen LogP contribution >= 0.6 is 23.2 Å². The van der Waals surface area contributed by atoms with E-state index in [0.717, 1.165) is 11.6 Å². The number of halogens is 3. The number of benzene rings is 2. The smallest absolute Gasteiger partial charge is 0.254 e. The molecule has 0 radical (unpaired) electrons. The van der Waals surface area contributed by atoms with Crippen molar-refractivity contribution in [1.82, 2.24) is 5.32 Å². The zero-order valence-corrected chi connectivity index (χ0v) is 11.3. The van der Waals surface area contributed by atoms with Crippen molar-refractivity contribution in [3.05, 3.63) is 69.5 Å². The van der Waals surface area contributed by atoms with Crippen LogP contribution in [-0.2, 0) is 6.54 Å². The van der Waals surface area contributed by atoms with Gasteiger partial charge in [-0.2, -0.15) is 0 Å². The van der Waals surface area contributed by atoms with Crippen molar-refractivity contribution in [3.63, 3.8) is 0 Å². The van der Waals surface area contributed by atoms with Gasteiger partial charge in [0.15, 0.2) is 0 Å². The Kier molecular flexibility index (Phi) is 4.40. The van der Waals surface area contributed by atoms with Crippen molar-refractivity contribution < 1.29 is 9.18 Å². The van der Waals surface area contributed by atoms with Crippen molar-refractivity contribution in [2.45, 2.75) is 6.54 Å². The minimum absolute atomic E-state index is 0.0450. The summed E-state index contributed by atoms with van der Waals surface area (Å²) in [7, 11) is 0. The minimum Gasteiger partial charge on any atom is -0.348 e. The second-order valence-corrected chi connectivity index (χ2v) is 4.74. The van der Waals surface area contributed by atoms with Crippen LogP contribution < -0.4 is 5.32 Å². The summed E-state index contributed by atoms with van der Waals surface area (Å²) in [4.78, 5) is 11.8. The standard InChI is InChI=1S/C14H10Cl2FNO/c15-10-5-6-11(13(17)7-10)14(19)18-8-9-3-1-2-4-12(9)16/h1-7H,8H2,(H,18,19). The molecule has 0 aliphatic carbocycles. The lowest BCUT2D eigenvalue weighted by Gasteiger charge is -2.07. The molecule has 19 heavy (non-hydrogen) atoms. The van der Waals surface area contributed by atoms with Crippen LogP contribution in [0.15, 0.2) is 42.5 Å². The molecule has 2 rings (SSSR count). The molecular weight excluding hydrogens is 288 g/mol. The van der Waals surface area contributed by atoms with E-state index >= 15 is 0 Å². The molecule has 0 aliphatic heterocycles. The Morgan fingerprint density at radius 2 is 1.89 bits per heavy atom. The van der Waals surface area contributed by atoms with Crippen molar-refractivity contribution in [2.24, 2.45) is 0 Å². The van der Waals surface area contributed by atoms with Crippen LogP contribution in [-0.4, -0.2) is 5.91 Å². The number of carbonyl (C=O) groups is 1. The maximum atomic E-state index is 13.5. The van der Waals surface area contributed by atoms with Gasteiger partial charge in [0.25, 0.3) is 5.91 Å². The lowest BCUT2D eigenvalue weighted by atomic mass is 10.2. The number of hydrogen-bond acceptors (Lipinski definition) is 1. The molecule has 0 saturated carbocycles. The van der Waals surface area contributed by atoms with Gasteiger partial charge in [0.05, 0.1) is 5.56 Å². The van der Waals surface area contributed by atoms with E-state index in [4.69, 9.17) is 23.2 Å². The maximum Gasteiger partial charge on any atom is 0.254 e. The third kappa shape index (κ3) is 3.46. The predicted octanol–water partition coefficient (Wildman–Crippen LogP) is 4.06.